The van der Waals surface area contributed by atoms with E-state index in [9.17, 15) is 0 Å². The van der Waals surface area contributed by atoms with Crippen molar-refractivity contribution < 1.29 is 0 Å². The second-order valence-corrected chi connectivity index (χ2v) is 4.97. The smallest absolute Gasteiger partial charge is 0.0868 e. The highest BCUT2D eigenvalue weighted by molar-refractivity contribution is 6.31. The van der Waals surface area contributed by atoms with E-state index in [1.165, 1.54) is 5.56 Å². The lowest BCUT2D eigenvalue weighted by Gasteiger charge is -2.08. The molecule has 0 aliphatic rings. The molecule has 0 saturated heterocycles. The number of hydrogen-bond acceptors (Lipinski definition) is 2. The Morgan fingerprint density at radius 1 is 1.26 bits per heavy atom. The zero-order chi connectivity index (χ0) is 13.8. The largest absolute Gasteiger partial charge is 0.379 e. The van der Waals surface area contributed by atoms with Crippen molar-refractivity contribution in [1.29, 1.82) is 0 Å². The zero-order valence-electron chi connectivity index (χ0n) is 11.7. The summed E-state index contributed by atoms with van der Waals surface area (Å²) < 4.78 is 1.86. The molecule has 102 valence electrons. The summed E-state index contributed by atoms with van der Waals surface area (Å²) in [7, 11) is 1.94. The van der Waals surface area contributed by atoms with E-state index < -0.39 is 0 Å². The lowest BCUT2D eigenvalue weighted by molar-refractivity contribution is 0.707. The van der Waals surface area contributed by atoms with Crippen LogP contribution in [0.2, 0.25) is 5.02 Å². The van der Waals surface area contributed by atoms with E-state index >= 15 is 0 Å². The summed E-state index contributed by atoms with van der Waals surface area (Å²) in [6.07, 6.45) is 1.90. The van der Waals surface area contributed by atoms with E-state index in [4.69, 9.17) is 11.6 Å². The monoisotopic (exact) mass is 277 g/mol. The minimum atomic E-state index is 0.690. The molecule has 0 amide bonds. The molecule has 0 spiro atoms. The minimum absolute atomic E-state index is 0.690. The quantitative estimate of drug-likeness (QED) is 0.901. The Bertz CT molecular complexity index is 561. The van der Waals surface area contributed by atoms with E-state index in [2.05, 4.69) is 48.5 Å². The van der Waals surface area contributed by atoms with E-state index in [1.807, 2.05) is 11.7 Å². The fourth-order valence-corrected chi connectivity index (χ4v) is 2.46. The third-order valence-electron chi connectivity index (χ3n) is 3.30. The van der Waals surface area contributed by atoms with Gasteiger partial charge in [0.05, 0.1) is 23.0 Å². The first kappa shape index (κ1) is 13.9. The van der Waals surface area contributed by atoms with Gasteiger partial charge < -0.3 is 5.32 Å². The zero-order valence-corrected chi connectivity index (χ0v) is 12.5. The number of halogens is 1. The van der Waals surface area contributed by atoms with Crippen LogP contribution in [0.25, 0.3) is 0 Å². The molecule has 0 atom stereocenters. The highest BCUT2D eigenvalue weighted by atomic mass is 35.5. The third-order valence-corrected chi connectivity index (χ3v) is 3.73. The van der Waals surface area contributed by atoms with Crippen LogP contribution in [-0.2, 0) is 26.4 Å². The summed E-state index contributed by atoms with van der Waals surface area (Å²) in [6.45, 7) is 4.91. The molecule has 2 aromatic rings. The second kappa shape index (κ2) is 6.11. The Hall–Kier alpha value is -1.48. The summed E-state index contributed by atoms with van der Waals surface area (Å²) >= 11 is 6.33. The van der Waals surface area contributed by atoms with Gasteiger partial charge in [0.15, 0.2) is 0 Å². The predicted octanol–water partition coefficient (Wildman–Crippen LogP) is 3.81. The molecule has 0 saturated carbocycles. The first-order valence-corrected chi connectivity index (χ1v) is 7.06. The molecule has 0 aliphatic carbocycles. The number of nitrogens with zero attached hydrogens (tertiary/aromatic N) is 2. The van der Waals surface area contributed by atoms with Gasteiger partial charge in [0.25, 0.3) is 0 Å². The van der Waals surface area contributed by atoms with Gasteiger partial charge in [0.1, 0.15) is 0 Å². The highest BCUT2D eigenvalue weighted by Crippen LogP contribution is 2.22. The molecule has 1 N–H and O–H groups in total. The Morgan fingerprint density at radius 2 is 2.05 bits per heavy atom. The van der Waals surface area contributed by atoms with Crippen molar-refractivity contribution in [3.05, 3.63) is 46.2 Å². The van der Waals surface area contributed by atoms with Gasteiger partial charge in [-0.25, -0.2) is 0 Å². The summed E-state index contributed by atoms with van der Waals surface area (Å²) in [5, 5.41) is 8.61. The molecule has 0 unspecified atom stereocenters. The average Bonchev–Trinajstić information content (AvgIpc) is 2.71. The van der Waals surface area contributed by atoms with Crippen molar-refractivity contribution in [3.63, 3.8) is 0 Å². The van der Waals surface area contributed by atoms with Gasteiger partial charge in [0.2, 0.25) is 0 Å². The number of benzene rings is 1. The summed E-state index contributed by atoms with van der Waals surface area (Å²) in [4.78, 5) is 0. The van der Waals surface area contributed by atoms with E-state index in [0.29, 0.717) is 6.54 Å². The van der Waals surface area contributed by atoms with Crippen LogP contribution < -0.4 is 5.32 Å². The van der Waals surface area contributed by atoms with Gasteiger partial charge in [0, 0.05) is 12.7 Å². The first-order valence-electron chi connectivity index (χ1n) is 6.68. The van der Waals surface area contributed by atoms with Crippen LogP contribution in [0.1, 0.15) is 30.8 Å². The normalized spacial score (nSPS) is 10.7. The Morgan fingerprint density at radius 3 is 2.68 bits per heavy atom. The lowest BCUT2D eigenvalue weighted by Crippen LogP contribution is -2.06. The van der Waals surface area contributed by atoms with Crippen molar-refractivity contribution in [2.24, 2.45) is 7.05 Å². The molecule has 4 heteroatoms. The van der Waals surface area contributed by atoms with Crippen LogP contribution in [0.4, 0.5) is 5.69 Å². The molecule has 0 aliphatic heterocycles. The topological polar surface area (TPSA) is 29.9 Å². The predicted molar refractivity (Wildman–Crippen MR) is 80.7 cm³/mol. The van der Waals surface area contributed by atoms with Crippen LogP contribution in [-0.4, -0.2) is 9.78 Å². The van der Waals surface area contributed by atoms with Gasteiger partial charge in [-0.15, -0.1) is 0 Å². The third kappa shape index (κ3) is 3.10. The molecule has 3 nitrogen and oxygen atoms in total. The number of hydrogen-bond donors (Lipinski definition) is 1. The van der Waals surface area contributed by atoms with Crippen LogP contribution in [0, 0.1) is 0 Å². The van der Waals surface area contributed by atoms with Gasteiger partial charge in [-0.1, -0.05) is 37.6 Å². The van der Waals surface area contributed by atoms with E-state index in [0.717, 1.165) is 34.9 Å². The standard InChI is InChI=1S/C15H20ClN3/c1-4-11-7-6-8-12(9-11)17-10-14-15(16)13(5-2)18-19(14)3/h6-9,17H,4-5,10H2,1-3H3. The van der Waals surface area contributed by atoms with Gasteiger partial charge >= 0.3 is 0 Å². The molecular formula is C15H20ClN3. The van der Waals surface area contributed by atoms with Crippen molar-refractivity contribution in [3.8, 4) is 0 Å². The second-order valence-electron chi connectivity index (χ2n) is 4.59. The van der Waals surface area contributed by atoms with Crippen LogP contribution in [0.5, 0.6) is 0 Å². The van der Waals surface area contributed by atoms with Crippen LogP contribution in [0.3, 0.4) is 0 Å². The summed E-state index contributed by atoms with van der Waals surface area (Å²) in [6, 6.07) is 8.45. The molecule has 0 fully saturated rings. The van der Waals surface area contributed by atoms with Gasteiger partial charge in [-0.2, -0.15) is 5.10 Å². The minimum Gasteiger partial charge on any atom is -0.379 e. The van der Waals surface area contributed by atoms with E-state index in [-0.39, 0.29) is 0 Å². The van der Waals surface area contributed by atoms with Gasteiger partial charge in [-0.05, 0) is 30.5 Å². The van der Waals surface area contributed by atoms with Crippen molar-refractivity contribution in [1.82, 2.24) is 9.78 Å². The number of aromatic nitrogens is 2. The molecule has 0 radical (unpaired) electrons. The highest BCUT2D eigenvalue weighted by Gasteiger charge is 2.12. The maximum absolute atomic E-state index is 6.33. The van der Waals surface area contributed by atoms with Gasteiger partial charge in [-0.3, -0.25) is 4.68 Å². The van der Waals surface area contributed by atoms with Crippen molar-refractivity contribution in [2.45, 2.75) is 33.2 Å². The Balaban J connectivity index is 2.12. The molecule has 2 rings (SSSR count). The van der Waals surface area contributed by atoms with Crippen molar-refractivity contribution >= 4 is 17.3 Å². The molecule has 1 aromatic carbocycles. The fourth-order valence-electron chi connectivity index (χ4n) is 2.10. The van der Waals surface area contributed by atoms with Crippen LogP contribution in [0.15, 0.2) is 24.3 Å². The van der Waals surface area contributed by atoms with Crippen LogP contribution >= 0.6 is 11.6 Å². The maximum atomic E-state index is 6.33. The number of aryl methyl sites for hydroxylation is 3. The fraction of sp³-hybridized carbons (Fsp3) is 0.400. The number of anilines is 1. The number of rotatable bonds is 5. The molecule has 19 heavy (non-hydrogen) atoms. The molecule has 0 bridgehead atoms. The maximum Gasteiger partial charge on any atom is 0.0868 e. The first-order chi connectivity index (χ1) is 9.15. The van der Waals surface area contributed by atoms with E-state index in [1.54, 1.807) is 0 Å². The number of nitrogens with one attached hydrogen (secondary N) is 1. The Labute approximate surface area is 119 Å². The molecule has 1 aromatic heterocycles. The molecule has 1 heterocycles. The Kier molecular flexibility index (Phi) is 4.48. The average molecular weight is 278 g/mol. The lowest BCUT2D eigenvalue weighted by atomic mass is 10.1. The molecular weight excluding hydrogens is 258 g/mol. The van der Waals surface area contributed by atoms with Crippen molar-refractivity contribution in [2.75, 3.05) is 5.32 Å². The summed E-state index contributed by atoms with van der Waals surface area (Å²) in [5.41, 5.74) is 4.44. The SMILES string of the molecule is CCc1cccc(NCc2c(Cl)c(CC)nn2C)c1. The summed E-state index contributed by atoms with van der Waals surface area (Å²) in [5.74, 6) is 0.